The third-order valence-electron chi connectivity index (χ3n) is 4.98. The third-order valence-corrected chi connectivity index (χ3v) is 4.98. The van der Waals surface area contributed by atoms with Crippen LogP contribution < -0.4 is 5.32 Å². The van der Waals surface area contributed by atoms with Crippen LogP contribution in [0.3, 0.4) is 0 Å². The van der Waals surface area contributed by atoms with Crippen LogP contribution in [-0.4, -0.2) is 37.1 Å². The zero-order valence-electron chi connectivity index (χ0n) is 13.2. The van der Waals surface area contributed by atoms with E-state index in [2.05, 4.69) is 24.2 Å². The van der Waals surface area contributed by atoms with Gasteiger partial charge in [0.2, 0.25) is 0 Å². The molecule has 1 N–H and O–H groups in total. The van der Waals surface area contributed by atoms with Crippen molar-refractivity contribution in [2.24, 2.45) is 5.92 Å². The molecule has 2 aliphatic rings. The normalized spacial score (nSPS) is 27.9. The summed E-state index contributed by atoms with van der Waals surface area (Å²) in [6, 6.07) is 1.76. The number of hydrogen-bond donors (Lipinski definition) is 1. The van der Waals surface area contributed by atoms with E-state index in [4.69, 9.17) is 0 Å². The summed E-state index contributed by atoms with van der Waals surface area (Å²) in [5, 5.41) is 3.60. The van der Waals surface area contributed by atoms with Crippen LogP contribution in [0.15, 0.2) is 0 Å². The topological polar surface area (TPSA) is 15.3 Å². The van der Waals surface area contributed by atoms with Crippen LogP contribution >= 0.6 is 0 Å². The summed E-state index contributed by atoms with van der Waals surface area (Å²) >= 11 is 0. The minimum Gasteiger partial charge on any atom is -0.314 e. The van der Waals surface area contributed by atoms with Crippen LogP contribution in [0.4, 0.5) is 0 Å². The molecule has 19 heavy (non-hydrogen) atoms. The first-order chi connectivity index (χ1) is 9.25. The van der Waals surface area contributed by atoms with Gasteiger partial charge in [0.15, 0.2) is 0 Å². The van der Waals surface area contributed by atoms with Crippen molar-refractivity contribution < 1.29 is 0 Å². The molecular weight excluding hydrogens is 232 g/mol. The highest BCUT2D eigenvalue weighted by Gasteiger charge is 2.22. The number of hydrogen-bond acceptors (Lipinski definition) is 2. The van der Waals surface area contributed by atoms with Crippen LogP contribution in [0.5, 0.6) is 0 Å². The zero-order valence-corrected chi connectivity index (χ0v) is 13.2. The Morgan fingerprint density at radius 2 is 1.79 bits per heavy atom. The average molecular weight is 266 g/mol. The summed E-state index contributed by atoms with van der Waals surface area (Å²) in [6.45, 7) is 4.99. The monoisotopic (exact) mass is 266 g/mol. The van der Waals surface area contributed by atoms with E-state index < -0.39 is 0 Å². The molecule has 0 amide bonds. The fourth-order valence-corrected chi connectivity index (χ4v) is 3.42. The lowest BCUT2D eigenvalue weighted by Crippen LogP contribution is -2.36. The van der Waals surface area contributed by atoms with E-state index in [0.29, 0.717) is 0 Å². The highest BCUT2D eigenvalue weighted by atomic mass is 15.1. The van der Waals surface area contributed by atoms with Crippen LogP contribution in [0.2, 0.25) is 0 Å². The van der Waals surface area contributed by atoms with Gasteiger partial charge in [-0.1, -0.05) is 32.6 Å². The van der Waals surface area contributed by atoms with E-state index in [1.54, 1.807) is 0 Å². The van der Waals surface area contributed by atoms with Crippen molar-refractivity contribution in [2.45, 2.75) is 83.2 Å². The predicted octanol–water partition coefficient (Wildman–Crippen LogP) is 3.81. The number of unbranched alkanes of at least 4 members (excludes halogenated alkanes) is 3. The molecule has 2 unspecified atom stereocenters. The molecule has 0 aromatic carbocycles. The second kappa shape index (κ2) is 8.26. The molecule has 2 rings (SSSR count). The molecule has 0 aliphatic heterocycles. The fraction of sp³-hybridized carbons (Fsp3) is 1.00. The molecule has 2 aliphatic carbocycles. The summed E-state index contributed by atoms with van der Waals surface area (Å²) in [5.74, 6) is 0.953. The number of nitrogens with zero attached hydrogens (tertiary/aromatic N) is 1. The Kier molecular flexibility index (Phi) is 6.66. The molecule has 0 saturated heterocycles. The van der Waals surface area contributed by atoms with Gasteiger partial charge in [0.1, 0.15) is 0 Å². The van der Waals surface area contributed by atoms with Crippen molar-refractivity contribution >= 4 is 0 Å². The van der Waals surface area contributed by atoms with Crippen LogP contribution in [0.25, 0.3) is 0 Å². The van der Waals surface area contributed by atoms with Crippen LogP contribution in [-0.2, 0) is 0 Å². The van der Waals surface area contributed by atoms with Crippen molar-refractivity contribution in [3.8, 4) is 0 Å². The highest BCUT2D eigenvalue weighted by Crippen LogP contribution is 2.26. The summed E-state index contributed by atoms with van der Waals surface area (Å²) < 4.78 is 0. The molecule has 0 heterocycles. The van der Waals surface area contributed by atoms with Crippen molar-refractivity contribution in [2.75, 3.05) is 20.1 Å². The number of nitrogens with one attached hydrogen (secondary N) is 1. The van der Waals surface area contributed by atoms with Gasteiger partial charge >= 0.3 is 0 Å². The lowest BCUT2D eigenvalue weighted by Gasteiger charge is -2.34. The molecule has 0 aromatic heterocycles. The van der Waals surface area contributed by atoms with Gasteiger partial charge in [-0.15, -0.1) is 0 Å². The maximum Gasteiger partial charge on any atom is 0.00947 e. The Balaban J connectivity index is 1.43. The van der Waals surface area contributed by atoms with Gasteiger partial charge in [-0.3, -0.25) is 0 Å². The molecule has 0 bridgehead atoms. The van der Waals surface area contributed by atoms with Gasteiger partial charge in [-0.25, -0.2) is 0 Å². The molecule has 0 spiro atoms. The van der Waals surface area contributed by atoms with Gasteiger partial charge in [0, 0.05) is 12.1 Å². The molecule has 0 aromatic rings. The van der Waals surface area contributed by atoms with E-state index in [1.165, 1.54) is 77.3 Å². The maximum absolute atomic E-state index is 3.60. The quantitative estimate of drug-likeness (QED) is 0.638. The van der Waals surface area contributed by atoms with Crippen molar-refractivity contribution in [3.05, 3.63) is 0 Å². The van der Waals surface area contributed by atoms with Gasteiger partial charge < -0.3 is 10.2 Å². The molecule has 2 heteroatoms. The molecule has 2 saturated carbocycles. The maximum atomic E-state index is 3.60. The summed E-state index contributed by atoms with van der Waals surface area (Å²) in [6.07, 6.45) is 14.2. The number of rotatable bonds is 9. The molecule has 112 valence electrons. The van der Waals surface area contributed by atoms with Gasteiger partial charge in [0.25, 0.3) is 0 Å². The molecule has 2 nitrogen and oxygen atoms in total. The lowest BCUT2D eigenvalue weighted by molar-refractivity contribution is 0.161. The van der Waals surface area contributed by atoms with Crippen molar-refractivity contribution in [3.63, 3.8) is 0 Å². The van der Waals surface area contributed by atoms with Crippen LogP contribution in [0.1, 0.15) is 71.1 Å². The van der Waals surface area contributed by atoms with Crippen molar-refractivity contribution in [1.82, 2.24) is 10.2 Å². The molecular formula is C17H34N2. The van der Waals surface area contributed by atoms with Gasteiger partial charge in [-0.2, -0.15) is 0 Å². The first kappa shape index (κ1) is 15.3. The fourth-order valence-electron chi connectivity index (χ4n) is 3.42. The minimum absolute atomic E-state index is 0.875. The summed E-state index contributed by atoms with van der Waals surface area (Å²) in [5.41, 5.74) is 0. The van der Waals surface area contributed by atoms with Crippen LogP contribution in [0, 0.1) is 5.92 Å². The SMILES string of the molecule is CC1CCCC(N(C)CCCCCCNC2CC2)C1. The Morgan fingerprint density at radius 3 is 2.53 bits per heavy atom. The van der Waals surface area contributed by atoms with Gasteiger partial charge in [0.05, 0.1) is 0 Å². The van der Waals surface area contributed by atoms with E-state index in [1.807, 2.05) is 0 Å². The second-order valence-corrected chi connectivity index (χ2v) is 7.05. The smallest absolute Gasteiger partial charge is 0.00947 e. The Morgan fingerprint density at radius 1 is 1.00 bits per heavy atom. The highest BCUT2D eigenvalue weighted by molar-refractivity contribution is 4.80. The molecule has 0 radical (unpaired) electrons. The Hall–Kier alpha value is -0.0800. The standard InChI is InChI=1S/C17H34N2/c1-15-8-7-9-17(14-15)19(2)13-6-4-3-5-12-18-16-10-11-16/h15-18H,3-14H2,1-2H3. The Bertz CT molecular complexity index is 237. The van der Waals surface area contributed by atoms with E-state index in [9.17, 15) is 0 Å². The third kappa shape index (κ3) is 6.27. The first-order valence-electron chi connectivity index (χ1n) is 8.69. The second-order valence-electron chi connectivity index (χ2n) is 7.05. The average Bonchev–Trinajstić information content (AvgIpc) is 3.21. The molecule has 2 fully saturated rings. The minimum atomic E-state index is 0.875. The molecule has 2 atom stereocenters. The van der Waals surface area contributed by atoms with E-state index in [-0.39, 0.29) is 0 Å². The zero-order chi connectivity index (χ0) is 13.5. The van der Waals surface area contributed by atoms with E-state index in [0.717, 1.165) is 18.0 Å². The first-order valence-corrected chi connectivity index (χ1v) is 8.69. The lowest BCUT2D eigenvalue weighted by atomic mass is 9.86. The Labute approximate surface area is 120 Å². The van der Waals surface area contributed by atoms with E-state index >= 15 is 0 Å². The summed E-state index contributed by atoms with van der Waals surface area (Å²) in [7, 11) is 2.34. The largest absolute Gasteiger partial charge is 0.314 e. The van der Waals surface area contributed by atoms with Gasteiger partial charge in [-0.05, 0) is 64.6 Å². The van der Waals surface area contributed by atoms with Crippen molar-refractivity contribution in [1.29, 1.82) is 0 Å². The summed E-state index contributed by atoms with van der Waals surface area (Å²) in [4.78, 5) is 2.64. The predicted molar refractivity (Wildman–Crippen MR) is 83.5 cm³/mol.